The summed E-state index contributed by atoms with van der Waals surface area (Å²) in [6, 6.07) is 0.295. The average molecular weight is 333 g/mol. The van der Waals surface area contributed by atoms with Crippen LogP contribution in [0.2, 0.25) is 0 Å². The Morgan fingerprint density at radius 3 is 2.55 bits per heavy atom. The van der Waals surface area contributed by atoms with Crippen molar-refractivity contribution in [1.82, 2.24) is 5.32 Å². The van der Waals surface area contributed by atoms with Gasteiger partial charge in [0.2, 0.25) is 5.91 Å². The van der Waals surface area contributed by atoms with Crippen molar-refractivity contribution in [3.63, 3.8) is 0 Å². The average Bonchev–Trinajstić information content (AvgIpc) is 2.98. The number of hydrogen-bond acceptors (Lipinski definition) is 4. The molecule has 5 nitrogen and oxygen atoms in total. The first-order valence-electron chi connectivity index (χ1n) is 8.44. The van der Waals surface area contributed by atoms with Gasteiger partial charge >= 0.3 is 0 Å². The molecule has 2 aliphatic carbocycles. The number of nitrogens with two attached hydrogens (primary N) is 1. The fourth-order valence-electron chi connectivity index (χ4n) is 4.38. The van der Waals surface area contributed by atoms with Crippen molar-refractivity contribution >= 4 is 18.3 Å². The Labute approximate surface area is 138 Å². The molecule has 0 aromatic rings. The summed E-state index contributed by atoms with van der Waals surface area (Å²) in [6.07, 6.45) is 5.85. The van der Waals surface area contributed by atoms with Gasteiger partial charge in [-0.3, -0.25) is 4.79 Å². The zero-order valence-electron chi connectivity index (χ0n) is 13.1. The zero-order chi connectivity index (χ0) is 14.8. The predicted molar refractivity (Wildman–Crippen MR) is 86.7 cm³/mol. The molecule has 1 aliphatic heterocycles. The highest BCUT2D eigenvalue weighted by molar-refractivity contribution is 5.85. The van der Waals surface area contributed by atoms with Gasteiger partial charge in [-0.1, -0.05) is 6.42 Å². The molecule has 1 saturated heterocycles. The van der Waals surface area contributed by atoms with E-state index in [1.54, 1.807) is 0 Å². The van der Waals surface area contributed by atoms with E-state index in [9.17, 15) is 9.90 Å². The van der Waals surface area contributed by atoms with Crippen molar-refractivity contribution < 1.29 is 14.6 Å². The predicted octanol–water partition coefficient (Wildman–Crippen LogP) is 1.08. The number of fused-ring (bicyclic) bond motifs is 2. The van der Waals surface area contributed by atoms with Crippen LogP contribution in [0.1, 0.15) is 38.5 Å². The zero-order valence-corrected chi connectivity index (χ0v) is 13.9. The number of aliphatic hydroxyl groups excluding tert-OH is 1. The molecule has 1 heterocycles. The summed E-state index contributed by atoms with van der Waals surface area (Å²) in [4.78, 5) is 12.4. The number of aliphatic hydroxyl groups is 1. The molecule has 2 bridgehead atoms. The molecule has 0 aromatic heterocycles. The van der Waals surface area contributed by atoms with Gasteiger partial charge in [0, 0.05) is 31.0 Å². The van der Waals surface area contributed by atoms with E-state index in [1.807, 2.05) is 0 Å². The molecule has 4 unspecified atom stereocenters. The molecule has 4 atom stereocenters. The number of carbonyl (C=O) groups excluding carboxylic acids is 1. The Morgan fingerprint density at radius 2 is 1.95 bits per heavy atom. The lowest BCUT2D eigenvalue weighted by Gasteiger charge is -2.43. The fourth-order valence-corrected chi connectivity index (χ4v) is 4.38. The number of hydrogen-bond donors (Lipinski definition) is 3. The number of rotatable bonds is 4. The Balaban J connectivity index is 0.00000176. The van der Waals surface area contributed by atoms with E-state index < -0.39 is 6.10 Å². The molecule has 0 aromatic carbocycles. The molecule has 6 heteroatoms. The second-order valence-corrected chi connectivity index (χ2v) is 7.13. The van der Waals surface area contributed by atoms with Gasteiger partial charge in [0.1, 0.15) is 0 Å². The highest BCUT2D eigenvalue weighted by Crippen LogP contribution is 2.41. The highest BCUT2D eigenvalue weighted by atomic mass is 35.5. The third-order valence-electron chi connectivity index (χ3n) is 5.78. The minimum atomic E-state index is -0.484. The van der Waals surface area contributed by atoms with Crippen LogP contribution >= 0.6 is 12.4 Å². The fraction of sp³-hybridized carbons (Fsp3) is 0.938. The van der Waals surface area contributed by atoms with E-state index in [-0.39, 0.29) is 30.2 Å². The van der Waals surface area contributed by atoms with E-state index in [0.29, 0.717) is 31.0 Å². The summed E-state index contributed by atoms with van der Waals surface area (Å²) in [7, 11) is 0. The molecule has 3 fully saturated rings. The smallest absolute Gasteiger partial charge is 0.223 e. The van der Waals surface area contributed by atoms with Crippen LogP contribution in [0.5, 0.6) is 0 Å². The number of amides is 1. The maximum atomic E-state index is 12.4. The van der Waals surface area contributed by atoms with E-state index in [2.05, 4.69) is 5.32 Å². The Hall–Kier alpha value is -0.360. The molecule has 2 saturated carbocycles. The van der Waals surface area contributed by atoms with E-state index >= 15 is 0 Å². The molecule has 0 spiro atoms. The van der Waals surface area contributed by atoms with Crippen LogP contribution < -0.4 is 11.1 Å². The maximum absolute atomic E-state index is 12.4. The summed E-state index contributed by atoms with van der Waals surface area (Å²) in [5.74, 6) is 1.40. The molecule has 1 amide bonds. The van der Waals surface area contributed by atoms with Crippen LogP contribution in [0.15, 0.2) is 0 Å². The van der Waals surface area contributed by atoms with E-state index in [4.69, 9.17) is 10.5 Å². The first-order chi connectivity index (χ1) is 10.1. The van der Waals surface area contributed by atoms with Gasteiger partial charge in [0.25, 0.3) is 0 Å². The minimum absolute atomic E-state index is 0. The molecular weight excluding hydrogens is 304 g/mol. The third-order valence-corrected chi connectivity index (χ3v) is 5.78. The molecule has 0 radical (unpaired) electrons. The Kier molecular flexibility index (Phi) is 6.50. The second kappa shape index (κ2) is 7.95. The number of carbonyl (C=O) groups is 1. The number of ether oxygens (including phenoxy) is 1. The molecule has 3 rings (SSSR count). The standard InChI is InChI=1S/C16H28N2O3.ClH/c17-15-10-2-1-3-11(15)7-13(6-10)16(20)18-8-14(19)12-4-5-21-9-12;/h10-15,19H,1-9,17H2,(H,18,20);1H. The first kappa shape index (κ1) is 18.0. The topological polar surface area (TPSA) is 84.6 Å². The number of halogens is 1. The van der Waals surface area contributed by atoms with Crippen LogP contribution in [-0.4, -0.2) is 42.9 Å². The lowest BCUT2D eigenvalue weighted by atomic mass is 9.65. The van der Waals surface area contributed by atoms with Crippen molar-refractivity contribution in [3.8, 4) is 0 Å². The second-order valence-electron chi connectivity index (χ2n) is 7.13. The largest absolute Gasteiger partial charge is 0.391 e. The minimum Gasteiger partial charge on any atom is -0.391 e. The van der Waals surface area contributed by atoms with Crippen LogP contribution in [0, 0.1) is 23.7 Å². The van der Waals surface area contributed by atoms with Crippen molar-refractivity contribution in [1.29, 1.82) is 0 Å². The van der Waals surface area contributed by atoms with Crippen LogP contribution in [0.4, 0.5) is 0 Å². The van der Waals surface area contributed by atoms with Gasteiger partial charge in [0.05, 0.1) is 12.7 Å². The van der Waals surface area contributed by atoms with Gasteiger partial charge < -0.3 is 20.9 Å². The SMILES string of the molecule is Cl.NC1C2CCCC1CC(C(=O)NCC(O)C1CCOC1)C2. The first-order valence-corrected chi connectivity index (χ1v) is 8.44. The van der Waals surface area contributed by atoms with Crippen molar-refractivity contribution in [2.75, 3.05) is 19.8 Å². The van der Waals surface area contributed by atoms with Crippen LogP contribution in [0.25, 0.3) is 0 Å². The van der Waals surface area contributed by atoms with Crippen LogP contribution in [0.3, 0.4) is 0 Å². The lowest BCUT2D eigenvalue weighted by molar-refractivity contribution is -0.128. The quantitative estimate of drug-likeness (QED) is 0.719. The normalized spacial score (nSPS) is 38.9. The molecule has 22 heavy (non-hydrogen) atoms. The van der Waals surface area contributed by atoms with Crippen molar-refractivity contribution in [2.45, 2.75) is 50.7 Å². The Morgan fingerprint density at radius 1 is 1.27 bits per heavy atom. The Bertz CT molecular complexity index is 362. The highest BCUT2D eigenvalue weighted by Gasteiger charge is 2.40. The van der Waals surface area contributed by atoms with Gasteiger partial charge in [-0.05, 0) is 43.9 Å². The van der Waals surface area contributed by atoms with E-state index in [0.717, 1.165) is 25.9 Å². The molecule has 4 N–H and O–H groups in total. The summed E-state index contributed by atoms with van der Waals surface area (Å²) in [5, 5.41) is 13.0. The van der Waals surface area contributed by atoms with Crippen LogP contribution in [-0.2, 0) is 9.53 Å². The van der Waals surface area contributed by atoms with Gasteiger partial charge in [-0.25, -0.2) is 0 Å². The maximum Gasteiger partial charge on any atom is 0.223 e. The summed E-state index contributed by atoms with van der Waals surface area (Å²) >= 11 is 0. The molecule has 3 aliphatic rings. The molecular formula is C16H29ClN2O3. The lowest BCUT2D eigenvalue weighted by Crippen LogP contribution is -2.49. The third kappa shape index (κ3) is 3.94. The van der Waals surface area contributed by atoms with Crippen molar-refractivity contribution in [2.24, 2.45) is 29.4 Å². The summed E-state index contributed by atoms with van der Waals surface area (Å²) in [6.45, 7) is 1.68. The van der Waals surface area contributed by atoms with Crippen molar-refractivity contribution in [3.05, 3.63) is 0 Å². The summed E-state index contributed by atoms with van der Waals surface area (Å²) < 4.78 is 5.28. The number of nitrogens with one attached hydrogen (secondary N) is 1. The summed E-state index contributed by atoms with van der Waals surface area (Å²) in [5.41, 5.74) is 6.27. The molecule has 128 valence electrons. The van der Waals surface area contributed by atoms with Gasteiger partial charge in [-0.15, -0.1) is 12.4 Å². The van der Waals surface area contributed by atoms with Gasteiger partial charge in [-0.2, -0.15) is 0 Å². The van der Waals surface area contributed by atoms with E-state index in [1.165, 1.54) is 19.3 Å². The monoisotopic (exact) mass is 332 g/mol. The van der Waals surface area contributed by atoms with Gasteiger partial charge in [0.15, 0.2) is 0 Å².